The van der Waals surface area contributed by atoms with Crippen molar-refractivity contribution in [2.45, 2.75) is 330 Å². The van der Waals surface area contributed by atoms with Crippen LogP contribution in [0.5, 0.6) is 0 Å². The van der Waals surface area contributed by atoms with Crippen molar-refractivity contribution in [3.05, 3.63) is 0 Å². The highest BCUT2D eigenvalue weighted by atomic mass is 31.2. The van der Waals surface area contributed by atoms with Crippen LogP contribution in [0.2, 0.25) is 0 Å². The summed E-state index contributed by atoms with van der Waals surface area (Å²) in [5, 5.41) is 10.5. The number of aliphatic hydroxyl groups excluding tert-OH is 1. The Morgan fingerprint density at radius 1 is 0.354 bits per heavy atom. The summed E-state index contributed by atoms with van der Waals surface area (Å²) in [6, 6.07) is 0. The Morgan fingerprint density at radius 2 is 0.622 bits per heavy atom. The van der Waals surface area contributed by atoms with Crippen molar-refractivity contribution >= 4 is 39.5 Å². The molecule has 3 N–H and O–H groups in total. The van der Waals surface area contributed by atoms with Crippen LogP contribution in [0.3, 0.4) is 0 Å². The van der Waals surface area contributed by atoms with E-state index in [1.54, 1.807) is 0 Å². The predicted molar refractivity (Wildman–Crippen MR) is 326 cm³/mol. The van der Waals surface area contributed by atoms with E-state index in [1.807, 2.05) is 0 Å². The molecule has 17 nitrogen and oxygen atoms in total. The van der Waals surface area contributed by atoms with Crippen LogP contribution in [-0.2, 0) is 65.4 Å². The molecule has 0 aliphatic heterocycles. The van der Waals surface area contributed by atoms with Gasteiger partial charge in [0, 0.05) is 25.7 Å². The van der Waals surface area contributed by atoms with Crippen LogP contribution in [-0.4, -0.2) is 96.7 Å². The van der Waals surface area contributed by atoms with E-state index >= 15 is 0 Å². The molecular formula is C63H122O17P2. The SMILES string of the molecule is CCCCCCCCCCCCC(=O)OC[C@H](COP(=O)(O)OC[C@@H](O)COP(=O)(O)OC[C@@H](COC(=O)CCCCCCCCCCC)OC(=O)CCCCCCCCC(C)C)OC(=O)CCCCCCCCCCCCC(C)CC. The smallest absolute Gasteiger partial charge is 0.462 e. The van der Waals surface area contributed by atoms with Crippen LogP contribution < -0.4 is 0 Å². The lowest BCUT2D eigenvalue weighted by atomic mass is 9.99. The summed E-state index contributed by atoms with van der Waals surface area (Å²) in [4.78, 5) is 72.1. The number of ether oxygens (including phenoxy) is 4. The minimum Gasteiger partial charge on any atom is -0.462 e. The third-order valence-corrected chi connectivity index (χ3v) is 16.7. The molecule has 0 fully saturated rings. The lowest BCUT2D eigenvalue weighted by Gasteiger charge is -2.21. The Morgan fingerprint density at radius 3 is 0.927 bits per heavy atom. The maximum absolute atomic E-state index is 13.0. The topological polar surface area (TPSA) is 237 Å². The Hall–Kier alpha value is -1.94. The summed E-state index contributed by atoms with van der Waals surface area (Å²) in [5.41, 5.74) is 0. The van der Waals surface area contributed by atoms with E-state index in [0.717, 1.165) is 95.8 Å². The Bertz CT molecular complexity index is 1620. The molecule has 0 spiro atoms. The number of unbranched alkanes of at least 4 members (excludes halogenated alkanes) is 31. The minimum absolute atomic E-state index is 0.102. The van der Waals surface area contributed by atoms with Gasteiger partial charge in [0.15, 0.2) is 12.2 Å². The first-order valence-corrected chi connectivity index (χ1v) is 36.0. The minimum atomic E-state index is -4.94. The van der Waals surface area contributed by atoms with Gasteiger partial charge in [0.1, 0.15) is 19.3 Å². The van der Waals surface area contributed by atoms with Gasteiger partial charge in [0.25, 0.3) is 0 Å². The molecule has 6 atom stereocenters. The second-order valence-corrected chi connectivity index (χ2v) is 26.4. The number of aliphatic hydroxyl groups is 1. The highest BCUT2D eigenvalue weighted by molar-refractivity contribution is 7.47. The highest BCUT2D eigenvalue weighted by Gasteiger charge is 2.30. The van der Waals surface area contributed by atoms with Gasteiger partial charge < -0.3 is 33.8 Å². The van der Waals surface area contributed by atoms with Crippen molar-refractivity contribution in [1.82, 2.24) is 0 Å². The summed E-state index contributed by atoms with van der Waals surface area (Å²) < 4.78 is 67.9. The number of phosphoric ester groups is 2. The van der Waals surface area contributed by atoms with Gasteiger partial charge >= 0.3 is 39.5 Å². The van der Waals surface area contributed by atoms with Crippen molar-refractivity contribution in [3.8, 4) is 0 Å². The molecule has 0 saturated heterocycles. The lowest BCUT2D eigenvalue weighted by molar-refractivity contribution is -0.161. The van der Waals surface area contributed by atoms with Gasteiger partial charge in [-0.2, -0.15) is 0 Å². The summed E-state index contributed by atoms with van der Waals surface area (Å²) in [6.45, 7) is 9.40. The number of esters is 4. The molecule has 19 heteroatoms. The molecule has 486 valence electrons. The van der Waals surface area contributed by atoms with Gasteiger partial charge in [-0.3, -0.25) is 37.3 Å². The first kappa shape index (κ1) is 80.1. The summed E-state index contributed by atoms with van der Waals surface area (Å²) in [5.74, 6) is -0.667. The largest absolute Gasteiger partial charge is 0.472 e. The van der Waals surface area contributed by atoms with Crippen LogP contribution in [0.15, 0.2) is 0 Å². The molecule has 0 rings (SSSR count). The second-order valence-electron chi connectivity index (χ2n) is 23.5. The molecule has 0 aliphatic rings. The van der Waals surface area contributed by atoms with Crippen molar-refractivity contribution < 1.29 is 80.2 Å². The van der Waals surface area contributed by atoms with Gasteiger partial charge in [-0.25, -0.2) is 9.13 Å². The number of phosphoric acid groups is 2. The number of rotatable bonds is 62. The summed E-state index contributed by atoms with van der Waals surface area (Å²) in [6.07, 6.45) is 37.6. The Kier molecular flexibility index (Phi) is 54.3. The van der Waals surface area contributed by atoms with Gasteiger partial charge in [-0.1, -0.05) is 260 Å². The van der Waals surface area contributed by atoms with Gasteiger partial charge in [0.2, 0.25) is 0 Å². The normalized spacial score (nSPS) is 14.7. The molecule has 0 bridgehead atoms. The van der Waals surface area contributed by atoms with Crippen molar-refractivity contribution in [1.29, 1.82) is 0 Å². The standard InChI is InChI=1S/C63H122O17P2/c1-7-10-12-14-16-18-23-27-34-40-46-61(66)74-51-58(79-62(67)47-41-35-28-24-20-19-22-25-32-38-44-56(6)9-3)53-77-81(69,70)75-49-57(64)50-76-82(71,72)78-54-59(80-63(68)48-42-36-30-29-31-37-43-55(4)5)52-73-60(65)45-39-33-26-21-17-15-13-11-8-2/h55-59,64H,7-54H2,1-6H3,(H,69,70)(H,71,72)/t56?,57-,58-,59-/m1/s1. The average molecular weight is 1210 g/mol. The zero-order valence-electron chi connectivity index (χ0n) is 52.8. The van der Waals surface area contributed by atoms with E-state index in [4.69, 9.17) is 37.0 Å². The number of hydrogen-bond acceptors (Lipinski definition) is 15. The Labute approximate surface area is 498 Å². The predicted octanol–water partition coefficient (Wildman–Crippen LogP) is 17.3. The molecule has 0 aromatic carbocycles. The zero-order valence-corrected chi connectivity index (χ0v) is 54.6. The fourth-order valence-corrected chi connectivity index (χ4v) is 10.9. The number of carbonyl (C=O) groups excluding carboxylic acids is 4. The molecule has 0 saturated carbocycles. The molecular weight excluding hydrogens is 1090 g/mol. The maximum atomic E-state index is 13.0. The van der Waals surface area contributed by atoms with Crippen LogP contribution in [0.4, 0.5) is 0 Å². The highest BCUT2D eigenvalue weighted by Crippen LogP contribution is 2.45. The van der Waals surface area contributed by atoms with Crippen molar-refractivity contribution in [3.63, 3.8) is 0 Å². The van der Waals surface area contributed by atoms with E-state index in [-0.39, 0.29) is 25.7 Å². The molecule has 0 aliphatic carbocycles. The molecule has 0 amide bonds. The van der Waals surface area contributed by atoms with Crippen molar-refractivity contribution in [2.75, 3.05) is 39.6 Å². The van der Waals surface area contributed by atoms with Crippen LogP contribution >= 0.6 is 15.6 Å². The fourth-order valence-electron chi connectivity index (χ4n) is 9.32. The van der Waals surface area contributed by atoms with Gasteiger partial charge in [-0.15, -0.1) is 0 Å². The molecule has 3 unspecified atom stereocenters. The third-order valence-electron chi connectivity index (χ3n) is 14.8. The van der Waals surface area contributed by atoms with E-state index in [9.17, 15) is 43.2 Å². The van der Waals surface area contributed by atoms with E-state index in [1.165, 1.54) is 128 Å². The van der Waals surface area contributed by atoms with E-state index in [0.29, 0.717) is 31.6 Å². The number of carbonyl (C=O) groups is 4. The van der Waals surface area contributed by atoms with E-state index < -0.39 is 97.5 Å². The van der Waals surface area contributed by atoms with Gasteiger partial charge in [0.05, 0.1) is 26.4 Å². The molecule has 0 aromatic rings. The summed E-state index contributed by atoms with van der Waals surface area (Å²) >= 11 is 0. The van der Waals surface area contributed by atoms with E-state index in [2.05, 4.69) is 41.5 Å². The maximum Gasteiger partial charge on any atom is 0.472 e. The molecule has 82 heavy (non-hydrogen) atoms. The van der Waals surface area contributed by atoms with Crippen LogP contribution in [0.1, 0.15) is 311 Å². The Balaban J connectivity index is 5.23. The fraction of sp³-hybridized carbons (Fsp3) is 0.937. The molecule has 0 heterocycles. The van der Waals surface area contributed by atoms with Gasteiger partial charge in [-0.05, 0) is 37.5 Å². The first-order chi connectivity index (χ1) is 39.4. The average Bonchev–Trinajstić information content (AvgIpc) is 3.46. The van der Waals surface area contributed by atoms with Crippen LogP contribution in [0.25, 0.3) is 0 Å². The molecule has 0 radical (unpaired) electrons. The monoisotopic (exact) mass is 1210 g/mol. The third kappa shape index (κ3) is 55.9. The quantitative estimate of drug-likeness (QED) is 0.0222. The molecule has 0 aromatic heterocycles. The lowest BCUT2D eigenvalue weighted by Crippen LogP contribution is -2.30. The second kappa shape index (κ2) is 55.6. The summed E-state index contributed by atoms with van der Waals surface area (Å²) in [7, 11) is -9.88. The zero-order chi connectivity index (χ0) is 60.8. The first-order valence-electron chi connectivity index (χ1n) is 33.0. The van der Waals surface area contributed by atoms with Crippen molar-refractivity contribution in [2.24, 2.45) is 11.8 Å². The number of hydrogen-bond donors (Lipinski definition) is 3. The van der Waals surface area contributed by atoms with Crippen LogP contribution in [0, 0.1) is 11.8 Å².